The Hall–Kier alpha value is -2.32. The minimum Gasteiger partial charge on any atom is -0.322 e. The van der Waals surface area contributed by atoms with Crippen LogP contribution in [0.25, 0.3) is 0 Å². The molecule has 1 N–H and O–H groups in total. The predicted octanol–water partition coefficient (Wildman–Crippen LogP) is 3.70. The number of halogens is 2. The molecule has 1 aliphatic rings. The van der Waals surface area contributed by atoms with E-state index in [2.05, 4.69) is 5.32 Å². The number of amides is 1. The van der Waals surface area contributed by atoms with Crippen molar-refractivity contribution in [3.05, 3.63) is 59.2 Å². The molecule has 1 fully saturated rings. The quantitative estimate of drug-likeness (QED) is 0.860. The van der Waals surface area contributed by atoms with Gasteiger partial charge in [-0.3, -0.25) is 4.79 Å². The molecule has 5 nitrogen and oxygen atoms in total. The van der Waals surface area contributed by atoms with E-state index in [0.717, 1.165) is 31.4 Å². The highest BCUT2D eigenvalue weighted by atomic mass is 32.2. The first-order chi connectivity index (χ1) is 12.8. The lowest BCUT2D eigenvalue weighted by Crippen LogP contribution is -2.36. The molecule has 0 bridgehead atoms. The number of carbonyl (C=O) groups excluding carboxylic acids is 1. The van der Waals surface area contributed by atoms with Crippen LogP contribution in [-0.4, -0.2) is 31.7 Å². The summed E-state index contributed by atoms with van der Waals surface area (Å²) in [6.45, 7) is 2.59. The van der Waals surface area contributed by atoms with Gasteiger partial charge in [0.25, 0.3) is 5.91 Å². The number of nitrogens with one attached hydrogen (secondary N) is 1. The molecule has 8 heteroatoms. The molecule has 27 heavy (non-hydrogen) atoms. The largest absolute Gasteiger partial charge is 0.322 e. The van der Waals surface area contributed by atoms with Crippen molar-refractivity contribution in [2.75, 3.05) is 18.4 Å². The molecule has 144 valence electrons. The fourth-order valence-electron chi connectivity index (χ4n) is 3.09. The number of aryl methyl sites for hydroxylation is 1. The third kappa shape index (κ3) is 4.33. The first-order valence-corrected chi connectivity index (χ1v) is 10.1. The van der Waals surface area contributed by atoms with Crippen LogP contribution < -0.4 is 5.32 Å². The number of hydrogen-bond acceptors (Lipinski definition) is 3. The Kier molecular flexibility index (Phi) is 5.57. The van der Waals surface area contributed by atoms with E-state index in [1.807, 2.05) is 0 Å². The van der Waals surface area contributed by atoms with E-state index in [4.69, 9.17) is 0 Å². The molecular formula is C19H20F2N2O3S. The third-order valence-electron chi connectivity index (χ3n) is 4.50. The standard InChI is InChI=1S/C19H20F2N2O3S/c1-13-5-6-14(19(24)22-17-11-15(20)10-16(21)12-17)9-18(13)27(25,26)23-7-3-2-4-8-23/h5-6,9-12H,2-4,7-8H2,1H3,(H,22,24). The van der Waals surface area contributed by atoms with Gasteiger partial charge in [0.1, 0.15) is 11.6 Å². The van der Waals surface area contributed by atoms with Crippen LogP contribution in [0.2, 0.25) is 0 Å². The minimum atomic E-state index is -3.70. The molecule has 3 rings (SSSR count). The Labute approximate surface area is 157 Å². The number of nitrogens with zero attached hydrogens (tertiary/aromatic N) is 1. The van der Waals surface area contributed by atoms with Gasteiger partial charge in [0.15, 0.2) is 0 Å². The first-order valence-electron chi connectivity index (χ1n) is 8.65. The fraction of sp³-hybridized carbons (Fsp3) is 0.316. The summed E-state index contributed by atoms with van der Waals surface area (Å²) in [6, 6.07) is 7.02. The topological polar surface area (TPSA) is 66.5 Å². The van der Waals surface area contributed by atoms with Gasteiger partial charge in [-0.2, -0.15) is 4.31 Å². The molecule has 2 aromatic rings. The Morgan fingerprint density at radius 3 is 2.26 bits per heavy atom. The second-order valence-electron chi connectivity index (χ2n) is 6.56. The van der Waals surface area contributed by atoms with Gasteiger partial charge in [0.05, 0.1) is 4.90 Å². The summed E-state index contributed by atoms with van der Waals surface area (Å²) in [5.74, 6) is -2.28. The molecular weight excluding hydrogens is 374 g/mol. The molecule has 0 saturated carbocycles. The van der Waals surface area contributed by atoms with Crippen LogP contribution in [0.5, 0.6) is 0 Å². The van der Waals surface area contributed by atoms with Crippen molar-refractivity contribution in [1.29, 1.82) is 0 Å². The summed E-state index contributed by atoms with van der Waals surface area (Å²) >= 11 is 0. The Bertz CT molecular complexity index is 951. The van der Waals surface area contributed by atoms with E-state index in [9.17, 15) is 22.0 Å². The lowest BCUT2D eigenvalue weighted by Gasteiger charge is -2.26. The molecule has 0 aromatic heterocycles. The molecule has 1 heterocycles. The van der Waals surface area contributed by atoms with Crippen LogP contribution >= 0.6 is 0 Å². The smallest absolute Gasteiger partial charge is 0.255 e. The molecule has 0 unspecified atom stereocenters. The van der Waals surface area contributed by atoms with Gasteiger partial charge < -0.3 is 5.32 Å². The van der Waals surface area contributed by atoms with E-state index in [1.54, 1.807) is 13.0 Å². The monoisotopic (exact) mass is 394 g/mol. The molecule has 1 aliphatic heterocycles. The number of rotatable bonds is 4. The Balaban J connectivity index is 1.89. The maximum absolute atomic E-state index is 13.3. The highest BCUT2D eigenvalue weighted by molar-refractivity contribution is 7.89. The lowest BCUT2D eigenvalue weighted by molar-refractivity contribution is 0.102. The van der Waals surface area contributed by atoms with Gasteiger partial charge >= 0.3 is 0 Å². The van der Waals surface area contributed by atoms with Crippen molar-refractivity contribution in [3.63, 3.8) is 0 Å². The van der Waals surface area contributed by atoms with Crippen LogP contribution in [0.15, 0.2) is 41.3 Å². The van der Waals surface area contributed by atoms with Gasteiger partial charge in [-0.1, -0.05) is 12.5 Å². The fourth-order valence-corrected chi connectivity index (χ4v) is 4.86. The van der Waals surface area contributed by atoms with Crippen LogP contribution in [0, 0.1) is 18.6 Å². The number of benzene rings is 2. The Morgan fingerprint density at radius 1 is 1.00 bits per heavy atom. The van der Waals surface area contributed by atoms with Crippen molar-refractivity contribution in [3.8, 4) is 0 Å². The molecule has 2 aromatic carbocycles. The van der Waals surface area contributed by atoms with E-state index in [0.29, 0.717) is 24.7 Å². The highest BCUT2D eigenvalue weighted by Crippen LogP contribution is 2.25. The zero-order chi connectivity index (χ0) is 19.6. The zero-order valence-electron chi connectivity index (χ0n) is 14.8. The molecule has 0 aliphatic carbocycles. The average molecular weight is 394 g/mol. The van der Waals surface area contributed by atoms with E-state index < -0.39 is 27.6 Å². The van der Waals surface area contributed by atoms with Crippen molar-refractivity contribution in [2.45, 2.75) is 31.1 Å². The number of hydrogen-bond donors (Lipinski definition) is 1. The maximum Gasteiger partial charge on any atom is 0.255 e. The van der Waals surface area contributed by atoms with Crippen LogP contribution in [-0.2, 0) is 10.0 Å². The SMILES string of the molecule is Cc1ccc(C(=O)Nc2cc(F)cc(F)c2)cc1S(=O)(=O)N1CCCCC1. The molecule has 0 atom stereocenters. The normalized spacial score (nSPS) is 15.5. The summed E-state index contributed by atoms with van der Waals surface area (Å²) in [4.78, 5) is 12.5. The summed E-state index contributed by atoms with van der Waals surface area (Å²) in [6.07, 6.45) is 2.62. The molecule has 1 amide bonds. The Morgan fingerprint density at radius 2 is 1.63 bits per heavy atom. The van der Waals surface area contributed by atoms with E-state index in [-0.39, 0.29) is 16.1 Å². The zero-order valence-corrected chi connectivity index (χ0v) is 15.7. The van der Waals surface area contributed by atoms with Gasteiger partial charge in [-0.25, -0.2) is 17.2 Å². The average Bonchev–Trinajstić information content (AvgIpc) is 2.61. The van der Waals surface area contributed by atoms with Crippen molar-refractivity contribution >= 4 is 21.6 Å². The number of sulfonamides is 1. The van der Waals surface area contributed by atoms with E-state index in [1.165, 1.54) is 16.4 Å². The molecule has 0 radical (unpaired) electrons. The maximum atomic E-state index is 13.3. The van der Waals surface area contributed by atoms with E-state index >= 15 is 0 Å². The van der Waals surface area contributed by atoms with Gasteiger partial charge in [-0.05, 0) is 49.6 Å². The lowest BCUT2D eigenvalue weighted by atomic mass is 10.1. The summed E-state index contributed by atoms with van der Waals surface area (Å²) < 4.78 is 53.9. The number of piperidine rings is 1. The highest BCUT2D eigenvalue weighted by Gasteiger charge is 2.28. The number of carbonyl (C=O) groups is 1. The molecule has 1 saturated heterocycles. The van der Waals surface area contributed by atoms with Crippen molar-refractivity contribution in [2.24, 2.45) is 0 Å². The van der Waals surface area contributed by atoms with Crippen molar-refractivity contribution in [1.82, 2.24) is 4.31 Å². The summed E-state index contributed by atoms with van der Waals surface area (Å²) in [7, 11) is -3.70. The first kappa shape index (κ1) is 19.4. The van der Waals surface area contributed by atoms with Gasteiger partial charge in [-0.15, -0.1) is 0 Å². The van der Waals surface area contributed by atoms with Crippen LogP contribution in [0.3, 0.4) is 0 Å². The molecule has 0 spiro atoms. The second kappa shape index (κ2) is 7.74. The van der Waals surface area contributed by atoms with Crippen LogP contribution in [0.4, 0.5) is 14.5 Å². The number of anilines is 1. The van der Waals surface area contributed by atoms with Crippen molar-refractivity contribution < 1.29 is 22.0 Å². The van der Waals surface area contributed by atoms with Crippen LogP contribution in [0.1, 0.15) is 35.2 Å². The summed E-state index contributed by atoms with van der Waals surface area (Å²) in [5.41, 5.74) is 0.591. The van der Waals surface area contributed by atoms with Gasteiger partial charge in [0.2, 0.25) is 10.0 Å². The second-order valence-corrected chi connectivity index (χ2v) is 8.46. The summed E-state index contributed by atoms with van der Waals surface area (Å²) in [5, 5.41) is 2.39. The third-order valence-corrected chi connectivity index (χ3v) is 6.54. The predicted molar refractivity (Wildman–Crippen MR) is 98.1 cm³/mol. The van der Waals surface area contributed by atoms with Gasteiger partial charge in [0, 0.05) is 30.4 Å². The minimum absolute atomic E-state index is 0.0430.